The Morgan fingerprint density at radius 2 is 1.48 bits per heavy atom. The number of benzene rings is 4. The maximum atomic E-state index is 14.6. The van der Waals surface area contributed by atoms with Crippen molar-refractivity contribution in [2.45, 2.75) is 57.1 Å². The molecule has 1 atom stereocenters. The average molecular weight is 731 g/mol. The first kappa shape index (κ1) is 37.1. The Labute approximate surface area is 297 Å². The van der Waals surface area contributed by atoms with Gasteiger partial charge in [-0.2, -0.15) is 0 Å². The molecule has 0 fully saturated rings. The third kappa shape index (κ3) is 9.89. The lowest BCUT2D eigenvalue weighted by Crippen LogP contribution is -2.56. The number of nitrogens with zero attached hydrogens (tertiary/aromatic N) is 2. The number of amides is 2. The second-order valence-electron chi connectivity index (χ2n) is 12.1. The van der Waals surface area contributed by atoms with Gasteiger partial charge in [-0.3, -0.25) is 13.9 Å². The number of carbonyl (C=O) groups excluding carboxylic acids is 2. The molecule has 0 saturated heterocycles. The van der Waals surface area contributed by atoms with Crippen LogP contribution in [-0.2, 0) is 32.6 Å². The van der Waals surface area contributed by atoms with Gasteiger partial charge in [-0.15, -0.1) is 0 Å². The van der Waals surface area contributed by atoms with Crippen molar-refractivity contribution < 1.29 is 22.7 Å². The summed E-state index contributed by atoms with van der Waals surface area (Å²) in [5.41, 5.74) is 1.04. The molecule has 12 heteroatoms. The fourth-order valence-corrected chi connectivity index (χ4v) is 6.84. The number of halogens is 3. The van der Waals surface area contributed by atoms with Gasteiger partial charge in [0.2, 0.25) is 11.8 Å². The number of ether oxygens (including phenoxy) is 1. The van der Waals surface area contributed by atoms with Crippen molar-refractivity contribution in [1.29, 1.82) is 0 Å². The van der Waals surface area contributed by atoms with Crippen molar-refractivity contribution in [3.63, 3.8) is 0 Å². The number of hydrogen-bond acceptors (Lipinski definition) is 5. The Morgan fingerprint density at radius 3 is 2.06 bits per heavy atom. The largest absolute Gasteiger partial charge is 0.494 e. The summed E-state index contributed by atoms with van der Waals surface area (Å²) < 4.78 is 35.0. The van der Waals surface area contributed by atoms with Crippen molar-refractivity contribution in [2.75, 3.05) is 17.5 Å². The van der Waals surface area contributed by atoms with Gasteiger partial charge in [-0.1, -0.05) is 71.2 Å². The smallest absolute Gasteiger partial charge is 0.264 e. The molecule has 4 rings (SSSR count). The van der Waals surface area contributed by atoms with E-state index in [1.807, 2.05) is 58.0 Å². The minimum atomic E-state index is -4.30. The highest BCUT2D eigenvalue weighted by atomic mass is 35.5. The van der Waals surface area contributed by atoms with E-state index in [2.05, 4.69) is 5.32 Å². The first-order valence-electron chi connectivity index (χ1n) is 15.3. The van der Waals surface area contributed by atoms with E-state index in [4.69, 9.17) is 39.5 Å². The minimum Gasteiger partial charge on any atom is -0.494 e. The van der Waals surface area contributed by atoms with Crippen LogP contribution in [0.15, 0.2) is 102 Å². The van der Waals surface area contributed by atoms with Crippen molar-refractivity contribution in [2.24, 2.45) is 0 Å². The molecular formula is C36H38Cl3N3O5S. The number of rotatable bonds is 13. The van der Waals surface area contributed by atoms with Crippen LogP contribution in [0, 0.1) is 0 Å². The molecule has 0 aliphatic rings. The van der Waals surface area contributed by atoms with Crippen LogP contribution in [0.5, 0.6) is 5.75 Å². The minimum absolute atomic E-state index is 0.0527. The predicted molar refractivity (Wildman–Crippen MR) is 192 cm³/mol. The Hall–Kier alpha value is -3.76. The van der Waals surface area contributed by atoms with Crippen LogP contribution in [-0.4, -0.2) is 49.9 Å². The molecule has 0 aliphatic carbocycles. The van der Waals surface area contributed by atoms with Crippen LogP contribution in [0.1, 0.15) is 38.8 Å². The highest BCUT2D eigenvalue weighted by molar-refractivity contribution is 7.92. The van der Waals surface area contributed by atoms with E-state index in [0.29, 0.717) is 28.0 Å². The van der Waals surface area contributed by atoms with Crippen LogP contribution in [0.2, 0.25) is 15.1 Å². The fourth-order valence-electron chi connectivity index (χ4n) is 4.98. The quantitative estimate of drug-likeness (QED) is 0.152. The first-order valence-corrected chi connectivity index (χ1v) is 17.9. The summed E-state index contributed by atoms with van der Waals surface area (Å²) in [6.45, 7) is 7.14. The van der Waals surface area contributed by atoms with E-state index in [-0.39, 0.29) is 28.6 Å². The van der Waals surface area contributed by atoms with Crippen LogP contribution in [0.25, 0.3) is 0 Å². The van der Waals surface area contributed by atoms with E-state index in [0.717, 1.165) is 9.87 Å². The monoisotopic (exact) mass is 729 g/mol. The molecule has 8 nitrogen and oxygen atoms in total. The van der Waals surface area contributed by atoms with Gasteiger partial charge in [0.05, 0.1) is 27.2 Å². The highest BCUT2D eigenvalue weighted by Crippen LogP contribution is 2.29. The van der Waals surface area contributed by atoms with Gasteiger partial charge in [-0.25, -0.2) is 8.42 Å². The summed E-state index contributed by atoms with van der Waals surface area (Å²) in [5, 5.41) is 3.98. The lowest BCUT2D eigenvalue weighted by molar-refractivity contribution is -0.140. The summed E-state index contributed by atoms with van der Waals surface area (Å²) in [7, 11) is -4.30. The second kappa shape index (κ2) is 16.1. The second-order valence-corrected chi connectivity index (χ2v) is 15.2. The molecule has 4 aromatic rings. The van der Waals surface area contributed by atoms with Crippen molar-refractivity contribution in [3.8, 4) is 5.75 Å². The van der Waals surface area contributed by atoms with Gasteiger partial charge < -0.3 is 15.0 Å². The summed E-state index contributed by atoms with van der Waals surface area (Å²) in [4.78, 5) is 30.0. The van der Waals surface area contributed by atoms with Gasteiger partial charge in [-0.05, 0) is 99.5 Å². The topological polar surface area (TPSA) is 96.0 Å². The lowest BCUT2D eigenvalue weighted by Gasteiger charge is -2.35. The van der Waals surface area contributed by atoms with Gasteiger partial charge in [0, 0.05) is 23.5 Å². The van der Waals surface area contributed by atoms with Crippen LogP contribution in [0.4, 0.5) is 5.69 Å². The molecule has 0 unspecified atom stereocenters. The maximum absolute atomic E-state index is 14.6. The molecule has 0 aliphatic heterocycles. The van der Waals surface area contributed by atoms with Crippen molar-refractivity contribution in [1.82, 2.24) is 10.2 Å². The molecule has 0 bridgehead atoms. The standard InChI is InChI=1S/C36H38Cl3N3O5S/c1-5-47-29-16-14-28(15-17-29)42(48(45,46)30-18-12-27(37)13-19-30)24-34(43)41(23-26-11-20-31(38)32(39)21-26)33(35(44)40-36(2,3)4)22-25-9-7-6-8-10-25/h6-21,33H,5,22-24H2,1-4H3,(H,40,44)/t33-/m0/s1. The summed E-state index contributed by atoms with van der Waals surface area (Å²) >= 11 is 18.6. The van der Waals surface area contributed by atoms with Crippen molar-refractivity contribution in [3.05, 3.63) is 123 Å². The maximum Gasteiger partial charge on any atom is 0.264 e. The van der Waals surface area contributed by atoms with Gasteiger partial charge >= 0.3 is 0 Å². The molecule has 0 saturated carbocycles. The highest BCUT2D eigenvalue weighted by Gasteiger charge is 2.35. The zero-order chi connectivity index (χ0) is 35.1. The normalized spacial score (nSPS) is 12.2. The molecule has 0 radical (unpaired) electrons. The Balaban J connectivity index is 1.83. The van der Waals surface area contributed by atoms with Crippen LogP contribution >= 0.6 is 34.8 Å². The Bertz CT molecular complexity index is 1810. The lowest BCUT2D eigenvalue weighted by atomic mass is 10.0. The summed E-state index contributed by atoms with van der Waals surface area (Å²) in [6.07, 6.45) is 0.169. The van der Waals surface area contributed by atoms with Crippen molar-refractivity contribution >= 4 is 62.3 Å². The molecule has 1 N–H and O–H groups in total. The number of carbonyl (C=O) groups is 2. The summed E-state index contributed by atoms with van der Waals surface area (Å²) in [6, 6.07) is 25.4. The van der Waals surface area contributed by atoms with E-state index in [1.165, 1.54) is 29.2 Å². The molecule has 254 valence electrons. The molecule has 2 amide bonds. The number of hydrogen-bond donors (Lipinski definition) is 1. The number of nitrogens with one attached hydrogen (secondary N) is 1. The molecule has 4 aromatic carbocycles. The number of sulfonamides is 1. The summed E-state index contributed by atoms with van der Waals surface area (Å²) in [5.74, 6) is -0.468. The average Bonchev–Trinajstić information content (AvgIpc) is 3.03. The zero-order valence-corrected chi connectivity index (χ0v) is 30.2. The van der Waals surface area contributed by atoms with E-state index in [9.17, 15) is 18.0 Å². The van der Waals surface area contributed by atoms with Crippen LogP contribution in [0.3, 0.4) is 0 Å². The predicted octanol–water partition coefficient (Wildman–Crippen LogP) is 7.80. The van der Waals surface area contributed by atoms with Crippen LogP contribution < -0.4 is 14.4 Å². The Kier molecular flexibility index (Phi) is 12.4. The third-order valence-electron chi connectivity index (χ3n) is 7.22. The number of anilines is 1. The first-order chi connectivity index (χ1) is 22.7. The molecule has 48 heavy (non-hydrogen) atoms. The van der Waals surface area contributed by atoms with E-state index < -0.39 is 40.0 Å². The van der Waals surface area contributed by atoms with Gasteiger partial charge in [0.15, 0.2) is 0 Å². The van der Waals surface area contributed by atoms with E-state index >= 15 is 0 Å². The molecule has 0 spiro atoms. The molecule has 0 heterocycles. The third-order valence-corrected chi connectivity index (χ3v) is 10.0. The van der Waals surface area contributed by atoms with Gasteiger partial charge in [0.25, 0.3) is 10.0 Å². The fraction of sp³-hybridized carbons (Fsp3) is 0.278. The SMILES string of the molecule is CCOc1ccc(N(CC(=O)N(Cc2ccc(Cl)c(Cl)c2)[C@@H](Cc2ccccc2)C(=O)NC(C)(C)C)S(=O)(=O)c2ccc(Cl)cc2)cc1. The molecule has 0 aromatic heterocycles. The Morgan fingerprint density at radius 1 is 0.833 bits per heavy atom. The van der Waals surface area contributed by atoms with Gasteiger partial charge in [0.1, 0.15) is 18.3 Å². The van der Waals surface area contributed by atoms with E-state index in [1.54, 1.807) is 42.5 Å². The molecular weight excluding hydrogens is 693 g/mol. The zero-order valence-electron chi connectivity index (χ0n) is 27.1.